The van der Waals surface area contributed by atoms with Gasteiger partial charge in [0.2, 0.25) is 0 Å². The van der Waals surface area contributed by atoms with Crippen molar-refractivity contribution in [2.75, 3.05) is 26.2 Å². The summed E-state index contributed by atoms with van der Waals surface area (Å²) in [6, 6.07) is 18.2. The number of carbonyl (C=O) groups is 1. The summed E-state index contributed by atoms with van der Waals surface area (Å²) in [5.41, 5.74) is 3.94. The van der Waals surface area contributed by atoms with Gasteiger partial charge in [-0.15, -0.1) is 22.7 Å². The minimum atomic E-state index is -0.00231. The maximum Gasteiger partial charge on any atom is 0.273 e. The Morgan fingerprint density at radius 2 is 1.71 bits per heavy atom. The second kappa shape index (κ2) is 10.5. The molecule has 0 unspecified atom stereocenters. The monoisotopic (exact) mass is 490 g/mol. The van der Waals surface area contributed by atoms with E-state index in [-0.39, 0.29) is 5.91 Å². The van der Waals surface area contributed by atoms with Gasteiger partial charge in [-0.25, -0.2) is 9.97 Å². The molecule has 1 aliphatic rings. The third-order valence-electron chi connectivity index (χ3n) is 5.77. The van der Waals surface area contributed by atoms with Crippen LogP contribution < -0.4 is 4.74 Å². The number of carbonyl (C=O) groups excluding carboxylic acids is 1. The largest absolute Gasteiger partial charge is 0.486 e. The van der Waals surface area contributed by atoms with E-state index in [0.29, 0.717) is 25.4 Å². The summed E-state index contributed by atoms with van der Waals surface area (Å²) in [4.78, 5) is 26.5. The molecule has 0 aliphatic carbocycles. The average molecular weight is 491 g/mol. The van der Waals surface area contributed by atoms with Crippen LogP contribution in [0.3, 0.4) is 0 Å². The van der Waals surface area contributed by atoms with Crippen LogP contribution in [0, 0.1) is 6.92 Å². The third-order valence-corrected chi connectivity index (χ3v) is 7.53. The van der Waals surface area contributed by atoms with Gasteiger partial charge in [0, 0.05) is 49.0 Å². The minimum absolute atomic E-state index is 0.00231. The van der Waals surface area contributed by atoms with E-state index >= 15 is 0 Å². The van der Waals surface area contributed by atoms with Crippen LogP contribution in [-0.4, -0.2) is 51.9 Å². The van der Waals surface area contributed by atoms with Crippen molar-refractivity contribution in [2.45, 2.75) is 20.1 Å². The van der Waals surface area contributed by atoms with Gasteiger partial charge in [-0.05, 0) is 19.1 Å². The van der Waals surface area contributed by atoms with Crippen molar-refractivity contribution >= 4 is 28.6 Å². The Kier molecular flexibility index (Phi) is 6.99. The van der Waals surface area contributed by atoms with Crippen molar-refractivity contribution in [3.63, 3.8) is 0 Å². The fraction of sp³-hybridized carbons (Fsp3) is 0.269. The lowest BCUT2D eigenvalue weighted by molar-refractivity contribution is 0.0622. The zero-order chi connectivity index (χ0) is 23.3. The van der Waals surface area contributed by atoms with E-state index < -0.39 is 0 Å². The first-order valence-corrected chi connectivity index (χ1v) is 13.1. The van der Waals surface area contributed by atoms with E-state index in [9.17, 15) is 4.79 Å². The van der Waals surface area contributed by atoms with E-state index in [1.807, 2.05) is 59.7 Å². The summed E-state index contributed by atoms with van der Waals surface area (Å²) in [5, 5.41) is 5.83. The van der Waals surface area contributed by atoms with E-state index in [1.54, 1.807) is 11.3 Å². The van der Waals surface area contributed by atoms with Gasteiger partial charge in [0.25, 0.3) is 5.91 Å². The molecule has 0 bridgehead atoms. The molecule has 0 radical (unpaired) electrons. The third kappa shape index (κ3) is 5.52. The lowest BCUT2D eigenvalue weighted by Gasteiger charge is -2.34. The molecule has 174 valence electrons. The predicted octanol–water partition coefficient (Wildman–Crippen LogP) is 5.11. The quantitative estimate of drug-likeness (QED) is 0.360. The lowest BCUT2D eigenvalue weighted by atomic mass is 10.2. The molecule has 2 aromatic heterocycles. The molecule has 1 aliphatic heterocycles. The topological polar surface area (TPSA) is 58.6 Å². The van der Waals surface area contributed by atoms with E-state index in [1.165, 1.54) is 16.9 Å². The zero-order valence-electron chi connectivity index (χ0n) is 19.0. The van der Waals surface area contributed by atoms with Crippen LogP contribution in [0.4, 0.5) is 0 Å². The van der Waals surface area contributed by atoms with Crippen LogP contribution in [-0.2, 0) is 13.2 Å². The number of hydrogen-bond donors (Lipinski definition) is 0. The van der Waals surface area contributed by atoms with Crippen molar-refractivity contribution in [3.8, 4) is 16.3 Å². The highest BCUT2D eigenvalue weighted by atomic mass is 32.1. The molecule has 1 fully saturated rings. The van der Waals surface area contributed by atoms with Gasteiger partial charge in [0.05, 0.1) is 5.69 Å². The standard InChI is InChI=1S/C26H26N4O2S2/c1-19-7-9-22(10-8-19)32-16-24-28-23(18-33-24)26(31)30-13-11-29(12-14-30)15-21-17-34-25(27-21)20-5-3-2-4-6-20/h2-10,17-18H,11-16H2,1H3. The van der Waals surface area contributed by atoms with Crippen molar-refractivity contribution < 1.29 is 9.53 Å². The predicted molar refractivity (Wildman–Crippen MR) is 136 cm³/mol. The van der Waals surface area contributed by atoms with Crippen LogP contribution in [0.2, 0.25) is 0 Å². The molecule has 8 heteroatoms. The molecule has 5 rings (SSSR count). The number of aromatic nitrogens is 2. The van der Waals surface area contributed by atoms with Crippen LogP contribution in [0.25, 0.3) is 10.6 Å². The van der Waals surface area contributed by atoms with Gasteiger partial charge in [0.15, 0.2) is 0 Å². The molecule has 1 amide bonds. The first-order chi connectivity index (χ1) is 16.6. The number of amides is 1. The van der Waals surface area contributed by atoms with Crippen molar-refractivity contribution in [3.05, 3.63) is 87.3 Å². The molecule has 1 saturated heterocycles. The summed E-state index contributed by atoms with van der Waals surface area (Å²) in [5.74, 6) is 0.804. The van der Waals surface area contributed by atoms with E-state index in [4.69, 9.17) is 9.72 Å². The fourth-order valence-corrected chi connectivity index (χ4v) is 5.34. The molecule has 3 heterocycles. The zero-order valence-corrected chi connectivity index (χ0v) is 20.6. The number of hydrogen-bond acceptors (Lipinski definition) is 7. The number of aryl methyl sites for hydroxylation is 1. The second-order valence-corrected chi connectivity index (χ2v) is 10.1. The summed E-state index contributed by atoms with van der Waals surface area (Å²) >= 11 is 3.15. The Morgan fingerprint density at radius 1 is 0.941 bits per heavy atom. The van der Waals surface area contributed by atoms with E-state index in [0.717, 1.165) is 46.7 Å². The summed E-state index contributed by atoms with van der Waals surface area (Å²) in [7, 11) is 0. The van der Waals surface area contributed by atoms with Gasteiger partial charge in [-0.3, -0.25) is 9.69 Å². The maximum atomic E-state index is 13.0. The highest BCUT2D eigenvalue weighted by Crippen LogP contribution is 2.24. The number of thiazole rings is 2. The highest BCUT2D eigenvalue weighted by molar-refractivity contribution is 7.13. The van der Waals surface area contributed by atoms with Gasteiger partial charge in [-0.2, -0.15) is 0 Å². The number of ether oxygens (including phenoxy) is 1. The summed E-state index contributed by atoms with van der Waals surface area (Å²) in [6.07, 6.45) is 0. The first kappa shape index (κ1) is 22.7. The normalized spacial score (nSPS) is 14.3. The van der Waals surface area contributed by atoms with Gasteiger partial charge < -0.3 is 9.64 Å². The smallest absolute Gasteiger partial charge is 0.273 e. The molecule has 0 N–H and O–H groups in total. The van der Waals surface area contributed by atoms with Gasteiger partial charge in [0.1, 0.15) is 28.1 Å². The van der Waals surface area contributed by atoms with Crippen molar-refractivity contribution in [2.24, 2.45) is 0 Å². The SMILES string of the molecule is Cc1ccc(OCc2nc(C(=O)N3CCN(Cc4csc(-c5ccccc5)n4)CC3)cs2)cc1. The molecule has 0 spiro atoms. The van der Waals surface area contributed by atoms with Crippen LogP contribution in [0.15, 0.2) is 65.4 Å². The number of piperazine rings is 1. The molecule has 0 atom stereocenters. The molecular formula is C26H26N4O2S2. The van der Waals surface area contributed by atoms with Gasteiger partial charge >= 0.3 is 0 Å². The summed E-state index contributed by atoms with van der Waals surface area (Å²) < 4.78 is 5.80. The Hall–Kier alpha value is -3.07. The molecule has 6 nitrogen and oxygen atoms in total. The molecule has 2 aromatic carbocycles. The first-order valence-electron chi connectivity index (χ1n) is 11.3. The Bertz CT molecular complexity index is 1230. The maximum absolute atomic E-state index is 13.0. The fourth-order valence-electron chi connectivity index (χ4n) is 3.85. The number of rotatable bonds is 7. The van der Waals surface area contributed by atoms with Crippen molar-refractivity contribution in [1.82, 2.24) is 19.8 Å². The minimum Gasteiger partial charge on any atom is -0.486 e. The number of nitrogens with zero attached hydrogens (tertiary/aromatic N) is 4. The number of benzene rings is 2. The van der Waals surface area contributed by atoms with Crippen LogP contribution >= 0.6 is 22.7 Å². The molecule has 0 saturated carbocycles. The Balaban J connectivity index is 1.11. The molecular weight excluding hydrogens is 464 g/mol. The lowest BCUT2D eigenvalue weighted by Crippen LogP contribution is -2.48. The van der Waals surface area contributed by atoms with Crippen molar-refractivity contribution in [1.29, 1.82) is 0 Å². The summed E-state index contributed by atoms with van der Waals surface area (Å²) in [6.45, 7) is 6.27. The second-order valence-electron chi connectivity index (χ2n) is 8.31. The van der Waals surface area contributed by atoms with Crippen LogP contribution in [0.1, 0.15) is 26.8 Å². The molecule has 34 heavy (non-hydrogen) atoms. The van der Waals surface area contributed by atoms with Crippen LogP contribution in [0.5, 0.6) is 5.75 Å². The van der Waals surface area contributed by atoms with Gasteiger partial charge in [-0.1, -0.05) is 48.0 Å². The Morgan fingerprint density at radius 3 is 2.47 bits per heavy atom. The highest BCUT2D eigenvalue weighted by Gasteiger charge is 2.24. The average Bonchev–Trinajstić information content (AvgIpc) is 3.54. The van der Waals surface area contributed by atoms with E-state index in [2.05, 4.69) is 27.4 Å². The Labute approximate surface area is 207 Å². The molecule has 4 aromatic rings.